The first-order valence-corrected chi connectivity index (χ1v) is 7.58. The number of nitrogens with zero attached hydrogens (tertiary/aromatic N) is 2. The first-order valence-electron chi connectivity index (χ1n) is 7.58. The number of methoxy groups -OCH3 is 1. The topological polar surface area (TPSA) is 77.2 Å². The van der Waals surface area contributed by atoms with Crippen LogP contribution in [0.2, 0.25) is 0 Å². The molecule has 128 valence electrons. The summed E-state index contributed by atoms with van der Waals surface area (Å²) in [5, 5.41) is 6.57. The molecule has 1 aromatic heterocycles. The first kappa shape index (κ1) is 16.6. The van der Waals surface area contributed by atoms with Gasteiger partial charge in [0.05, 0.1) is 7.11 Å². The van der Waals surface area contributed by atoms with E-state index in [2.05, 4.69) is 15.5 Å². The number of hydrogen-bond acceptors (Lipinski definition) is 5. The number of ether oxygens (including phenoxy) is 1. The fourth-order valence-corrected chi connectivity index (χ4v) is 2.38. The largest absolute Gasteiger partial charge is 0.497 e. The smallest absolute Gasteiger partial charge is 0.252 e. The molecule has 0 spiro atoms. The van der Waals surface area contributed by atoms with Crippen molar-refractivity contribution in [3.8, 4) is 5.75 Å². The molecular weight excluding hydrogens is 325 g/mol. The fourth-order valence-electron chi connectivity index (χ4n) is 2.38. The molecule has 1 atom stereocenters. The highest BCUT2D eigenvalue weighted by molar-refractivity contribution is 5.94. The molecule has 3 rings (SSSR count). The summed E-state index contributed by atoms with van der Waals surface area (Å²) in [5.74, 6) is 0.291. The maximum absolute atomic E-state index is 14.2. The predicted molar refractivity (Wildman–Crippen MR) is 87.7 cm³/mol. The van der Waals surface area contributed by atoms with Gasteiger partial charge < -0.3 is 14.6 Å². The number of nitrogens with one attached hydrogen (secondary N) is 1. The van der Waals surface area contributed by atoms with E-state index in [0.29, 0.717) is 17.2 Å². The molecule has 3 aromatic rings. The minimum absolute atomic E-state index is 0.185. The number of carbonyl (C=O) groups excluding carboxylic acids is 1. The van der Waals surface area contributed by atoms with Gasteiger partial charge >= 0.3 is 0 Å². The molecular formula is C18H16FN3O3. The van der Waals surface area contributed by atoms with Gasteiger partial charge in [0.2, 0.25) is 5.89 Å². The Morgan fingerprint density at radius 1 is 1.20 bits per heavy atom. The highest BCUT2D eigenvalue weighted by Gasteiger charge is 2.25. The Morgan fingerprint density at radius 2 is 1.92 bits per heavy atom. The van der Waals surface area contributed by atoms with Gasteiger partial charge in [0.1, 0.15) is 17.6 Å². The third-order valence-corrected chi connectivity index (χ3v) is 3.65. The summed E-state index contributed by atoms with van der Waals surface area (Å²) >= 11 is 0. The highest BCUT2D eigenvalue weighted by atomic mass is 19.1. The minimum atomic E-state index is -0.867. The van der Waals surface area contributed by atoms with Crippen LogP contribution in [0.15, 0.2) is 53.1 Å². The Balaban J connectivity index is 1.92. The van der Waals surface area contributed by atoms with E-state index in [1.54, 1.807) is 56.5 Å². The summed E-state index contributed by atoms with van der Waals surface area (Å²) < 4.78 is 24.3. The van der Waals surface area contributed by atoms with Crippen LogP contribution in [-0.4, -0.2) is 23.2 Å². The molecule has 2 aromatic carbocycles. The molecule has 0 aliphatic heterocycles. The van der Waals surface area contributed by atoms with Crippen LogP contribution in [0.4, 0.5) is 4.39 Å². The first-order chi connectivity index (χ1) is 12.1. The Labute approximate surface area is 143 Å². The van der Waals surface area contributed by atoms with Crippen LogP contribution in [0.1, 0.15) is 33.7 Å². The summed E-state index contributed by atoms with van der Waals surface area (Å²) in [6.07, 6.45) is 0. The van der Waals surface area contributed by atoms with Crippen molar-refractivity contribution in [2.75, 3.05) is 7.11 Å². The Hall–Kier alpha value is -3.22. The van der Waals surface area contributed by atoms with Gasteiger partial charge in [0.15, 0.2) is 5.82 Å². The molecule has 25 heavy (non-hydrogen) atoms. The lowest BCUT2D eigenvalue weighted by molar-refractivity contribution is 0.0940. The van der Waals surface area contributed by atoms with E-state index >= 15 is 0 Å². The Morgan fingerprint density at radius 3 is 2.52 bits per heavy atom. The number of aromatic nitrogens is 2. The lowest BCUT2D eigenvalue weighted by Crippen LogP contribution is -2.30. The molecule has 0 radical (unpaired) electrons. The predicted octanol–water partition coefficient (Wildman–Crippen LogP) is 3.05. The molecule has 0 saturated carbocycles. The second-order valence-corrected chi connectivity index (χ2v) is 5.33. The van der Waals surface area contributed by atoms with Crippen LogP contribution in [-0.2, 0) is 0 Å². The van der Waals surface area contributed by atoms with Crippen molar-refractivity contribution in [3.05, 3.63) is 77.2 Å². The van der Waals surface area contributed by atoms with Crippen molar-refractivity contribution in [1.29, 1.82) is 0 Å². The number of amides is 1. The van der Waals surface area contributed by atoms with Crippen LogP contribution in [0, 0.1) is 12.7 Å². The van der Waals surface area contributed by atoms with Crippen LogP contribution < -0.4 is 10.1 Å². The van der Waals surface area contributed by atoms with Crippen LogP contribution >= 0.6 is 0 Å². The van der Waals surface area contributed by atoms with Crippen molar-refractivity contribution >= 4 is 5.91 Å². The average molecular weight is 341 g/mol. The Bertz CT molecular complexity index is 877. The normalized spacial score (nSPS) is 11.8. The maximum atomic E-state index is 14.2. The number of carbonyl (C=O) groups is 1. The lowest BCUT2D eigenvalue weighted by atomic mass is 10.0. The minimum Gasteiger partial charge on any atom is -0.497 e. The second kappa shape index (κ2) is 7.12. The lowest BCUT2D eigenvalue weighted by Gasteiger charge is -2.16. The third kappa shape index (κ3) is 3.65. The van der Waals surface area contributed by atoms with E-state index in [1.807, 2.05) is 0 Å². The number of benzene rings is 2. The van der Waals surface area contributed by atoms with Gasteiger partial charge in [-0.2, -0.15) is 4.98 Å². The summed E-state index contributed by atoms with van der Waals surface area (Å²) in [6.45, 7) is 1.63. The average Bonchev–Trinajstić information content (AvgIpc) is 3.06. The van der Waals surface area contributed by atoms with Crippen molar-refractivity contribution in [2.24, 2.45) is 0 Å². The molecule has 0 bridgehead atoms. The van der Waals surface area contributed by atoms with E-state index < -0.39 is 17.8 Å². The number of hydrogen-bond donors (Lipinski definition) is 1. The fraction of sp³-hybridized carbons (Fsp3) is 0.167. The molecule has 0 unspecified atom stereocenters. The van der Waals surface area contributed by atoms with Gasteiger partial charge in [-0.15, -0.1) is 0 Å². The molecule has 1 heterocycles. The molecule has 1 amide bonds. The number of aryl methyl sites for hydroxylation is 1. The van der Waals surface area contributed by atoms with E-state index in [-0.39, 0.29) is 11.4 Å². The van der Waals surface area contributed by atoms with Crippen molar-refractivity contribution in [3.63, 3.8) is 0 Å². The molecule has 6 nitrogen and oxygen atoms in total. The van der Waals surface area contributed by atoms with Crippen LogP contribution in [0.25, 0.3) is 0 Å². The quantitative estimate of drug-likeness (QED) is 0.772. The molecule has 0 saturated heterocycles. The van der Waals surface area contributed by atoms with Gasteiger partial charge in [-0.25, -0.2) is 4.39 Å². The third-order valence-electron chi connectivity index (χ3n) is 3.65. The molecule has 1 N–H and O–H groups in total. The number of rotatable bonds is 5. The summed E-state index contributed by atoms with van der Waals surface area (Å²) in [7, 11) is 1.54. The van der Waals surface area contributed by atoms with E-state index in [1.165, 1.54) is 6.07 Å². The highest BCUT2D eigenvalue weighted by Crippen LogP contribution is 2.23. The molecule has 7 heteroatoms. The zero-order valence-corrected chi connectivity index (χ0v) is 13.7. The van der Waals surface area contributed by atoms with Crippen molar-refractivity contribution in [1.82, 2.24) is 15.5 Å². The number of halogens is 1. The van der Waals surface area contributed by atoms with Gasteiger partial charge in [-0.05, 0) is 30.3 Å². The standard InChI is InChI=1S/C18H16FN3O3/c1-11-20-17(22-25-11)16(14-5-3-4-6-15(14)19)21-18(23)12-7-9-13(24-2)10-8-12/h3-10,16H,1-2H3,(H,21,23)/t16-/m0/s1. The van der Waals surface area contributed by atoms with Crippen LogP contribution in [0.3, 0.4) is 0 Å². The zero-order chi connectivity index (χ0) is 17.8. The zero-order valence-electron chi connectivity index (χ0n) is 13.7. The van der Waals surface area contributed by atoms with Crippen molar-refractivity contribution < 1.29 is 18.4 Å². The van der Waals surface area contributed by atoms with Gasteiger partial charge in [0, 0.05) is 18.1 Å². The summed E-state index contributed by atoms with van der Waals surface area (Å²) in [5.41, 5.74) is 0.660. The van der Waals surface area contributed by atoms with Crippen molar-refractivity contribution in [2.45, 2.75) is 13.0 Å². The van der Waals surface area contributed by atoms with Gasteiger partial charge in [-0.1, -0.05) is 23.4 Å². The van der Waals surface area contributed by atoms with E-state index in [9.17, 15) is 9.18 Å². The Kier molecular flexibility index (Phi) is 4.74. The van der Waals surface area contributed by atoms with Gasteiger partial charge in [0.25, 0.3) is 5.91 Å². The van der Waals surface area contributed by atoms with Gasteiger partial charge in [-0.3, -0.25) is 4.79 Å². The van der Waals surface area contributed by atoms with E-state index in [0.717, 1.165) is 0 Å². The molecule has 0 fully saturated rings. The second-order valence-electron chi connectivity index (χ2n) is 5.33. The van der Waals surface area contributed by atoms with E-state index in [4.69, 9.17) is 9.26 Å². The van der Waals surface area contributed by atoms with Crippen LogP contribution in [0.5, 0.6) is 5.75 Å². The maximum Gasteiger partial charge on any atom is 0.252 e. The molecule has 0 aliphatic rings. The molecule has 0 aliphatic carbocycles. The monoisotopic (exact) mass is 341 g/mol. The summed E-state index contributed by atoms with van der Waals surface area (Å²) in [6, 6.07) is 11.8. The summed E-state index contributed by atoms with van der Waals surface area (Å²) in [4.78, 5) is 16.7. The SMILES string of the molecule is COc1ccc(C(=O)N[C@H](c2noc(C)n2)c2ccccc2F)cc1.